The summed E-state index contributed by atoms with van der Waals surface area (Å²) in [5, 5.41) is 0.0476. The molecule has 0 bridgehead atoms. The molecule has 0 radical (unpaired) electrons. The molecule has 1 aliphatic rings. The molecule has 0 unspecified atom stereocenters. The summed E-state index contributed by atoms with van der Waals surface area (Å²) in [5.74, 6) is 0.128. The van der Waals surface area contributed by atoms with E-state index in [1.54, 1.807) is 4.90 Å². The Morgan fingerprint density at radius 2 is 2.23 bits per heavy atom. The Bertz CT molecular complexity index is 225. The number of thioether (sulfide) groups is 1. The van der Waals surface area contributed by atoms with Crippen LogP contribution in [-0.2, 0) is 9.53 Å². The van der Waals surface area contributed by atoms with E-state index in [0.717, 1.165) is 31.1 Å². The molecule has 0 spiro atoms. The van der Waals surface area contributed by atoms with Crippen LogP contribution in [0.25, 0.3) is 0 Å². The van der Waals surface area contributed by atoms with Crippen LogP contribution in [0.4, 0.5) is 4.79 Å². The van der Waals surface area contributed by atoms with Crippen molar-refractivity contribution in [2.75, 3.05) is 18.8 Å². The molecule has 1 saturated heterocycles. The van der Waals surface area contributed by atoms with Crippen molar-refractivity contribution in [1.82, 2.24) is 4.90 Å². The Labute approximate surface area is 80.9 Å². The maximum atomic E-state index is 11.1. The molecule has 1 amide bonds. The van der Waals surface area contributed by atoms with Crippen LogP contribution in [0, 0.1) is 0 Å². The molecule has 13 heavy (non-hydrogen) atoms. The van der Waals surface area contributed by atoms with Crippen molar-refractivity contribution in [3.63, 3.8) is 0 Å². The molecular formula is C8H11NO3S. The van der Waals surface area contributed by atoms with Gasteiger partial charge in [0.05, 0.1) is 12.7 Å². The van der Waals surface area contributed by atoms with Gasteiger partial charge in [0.25, 0.3) is 5.24 Å². The van der Waals surface area contributed by atoms with Crippen LogP contribution >= 0.6 is 11.8 Å². The van der Waals surface area contributed by atoms with Gasteiger partial charge >= 0.3 is 5.97 Å². The summed E-state index contributed by atoms with van der Waals surface area (Å²) in [6.45, 7) is 4.96. The number of carbonyl (C=O) groups excluding carboxylic acids is 2. The molecule has 0 aromatic carbocycles. The second-order valence-electron chi connectivity index (χ2n) is 2.51. The molecule has 0 aromatic heterocycles. The van der Waals surface area contributed by atoms with Gasteiger partial charge in [-0.3, -0.25) is 9.59 Å². The summed E-state index contributed by atoms with van der Waals surface area (Å²) in [7, 11) is 0. The standard InChI is InChI=1S/C8H11NO3S/c1-2-12-7(10)3-6-13-8(11)9-4-5-9/h2H,1,3-6H2. The Morgan fingerprint density at radius 1 is 1.54 bits per heavy atom. The molecule has 1 heterocycles. The number of amides is 1. The van der Waals surface area contributed by atoms with E-state index in [1.165, 1.54) is 0 Å². The van der Waals surface area contributed by atoms with E-state index >= 15 is 0 Å². The smallest absolute Gasteiger partial charge is 0.311 e. The Balaban J connectivity index is 2.02. The number of nitrogens with zero attached hydrogens (tertiary/aromatic N) is 1. The summed E-state index contributed by atoms with van der Waals surface area (Å²) in [6, 6.07) is 0. The normalized spacial score (nSPS) is 13.7. The first-order valence-electron chi connectivity index (χ1n) is 3.96. The molecule has 0 aromatic rings. The van der Waals surface area contributed by atoms with E-state index < -0.39 is 0 Å². The third-order valence-electron chi connectivity index (χ3n) is 1.45. The number of hydrogen-bond donors (Lipinski definition) is 0. The largest absolute Gasteiger partial charge is 0.435 e. The first-order chi connectivity index (χ1) is 6.24. The van der Waals surface area contributed by atoms with Crippen molar-refractivity contribution in [3.8, 4) is 0 Å². The van der Waals surface area contributed by atoms with Crippen LogP contribution in [0.2, 0.25) is 0 Å². The third kappa shape index (κ3) is 3.98. The Kier molecular flexibility index (Phi) is 3.82. The SMILES string of the molecule is C=COC(=O)CCSC(=O)N1CC1. The van der Waals surface area contributed by atoms with Gasteiger partial charge < -0.3 is 9.64 Å². The number of ether oxygens (including phenoxy) is 1. The van der Waals surface area contributed by atoms with Crippen LogP contribution < -0.4 is 0 Å². The highest BCUT2D eigenvalue weighted by Crippen LogP contribution is 2.16. The minimum atomic E-state index is -0.346. The van der Waals surface area contributed by atoms with Crippen molar-refractivity contribution < 1.29 is 14.3 Å². The lowest BCUT2D eigenvalue weighted by molar-refractivity contribution is -0.137. The first kappa shape index (κ1) is 10.1. The maximum absolute atomic E-state index is 11.1. The van der Waals surface area contributed by atoms with Gasteiger partial charge in [0.2, 0.25) is 0 Å². The zero-order chi connectivity index (χ0) is 9.68. The molecule has 1 fully saturated rings. The van der Waals surface area contributed by atoms with E-state index in [2.05, 4.69) is 11.3 Å². The quantitative estimate of drug-likeness (QED) is 0.390. The molecule has 1 aliphatic heterocycles. The van der Waals surface area contributed by atoms with Crippen LogP contribution in [-0.4, -0.2) is 35.0 Å². The van der Waals surface area contributed by atoms with E-state index in [0.29, 0.717) is 5.75 Å². The third-order valence-corrected chi connectivity index (χ3v) is 2.37. The highest BCUT2D eigenvalue weighted by Gasteiger charge is 2.24. The highest BCUT2D eigenvalue weighted by molar-refractivity contribution is 8.13. The van der Waals surface area contributed by atoms with Crippen LogP contribution in [0.3, 0.4) is 0 Å². The number of rotatable bonds is 4. The zero-order valence-corrected chi connectivity index (χ0v) is 8.01. The molecule has 0 aliphatic carbocycles. The summed E-state index contributed by atoms with van der Waals surface area (Å²) in [4.78, 5) is 23.6. The lowest BCUT2D eigenvalue weighted by Gasteiger charge is -1.99. The summed E-state index contributed by atoms with van der Waals surface area (Å²) >= 11 is 1.15. The predicted octanol–water partition coefficient (Wildman–Crippen LogP) is 1.23. The highest BCUT2D eigenvalue weighted by atomic mass is 32.2. The van der Waals surface area contributed by atoms with Gasteiger partial charge in [-0.1, -0.05) is 18.3 Å². The van der Waals surface area contributed by atoms with Gasteiger partial charge in [-0.25, -0.2) is 0 Å². The average molecular weight is 201 g/mol. The van der Waals surface area contributed by atoms with Gasteiger partial charge in [-0.05, 0) is 0 Å². The lowest BCUT2D eigenvalue weighted by atomic mass is 10.5. The fourth-order valence-electron chi connectivity index (χ4n) is 0.697. The zero-order valence-electron chi connectivity index (χ0n) is 7.19. The number of hydrogen-bond acceptors (Lipinski definition) is 4. The van der Waals surface area contributed by atoms with Crippen molar-refractivity contribution in [2.45, 2.75) is 6.42 Å². The second-order valence-corrected chi connectivity index (χ2v) is 3.55. The van der Waals surface area contributed by atoms with Crippen molar-refractivity contribution in [1.29, 1.82) is 0 Å². The fourth-order valence-corrected chi connectivity index (χ4v) is 1.51. The molecular weight excluding hydrogens is 190 g/mol. The van der Waals surface area contributed by atoms with E-state index in [4.69, 9.17) is 0 Å². The number of esters is 1. The Morgan fingerprint density at radius 3 is 2.77 bits per heavy atom. The molecule has 0 saturated carbocycles. The predicted molar refractivity (Wildman–Crippen MR) is 50.3 cm³/mol. The van der Waals surface area contributed by atoms with Crippen LogP contribution in [0.1, 0.15) is 6.42 Å². The van der Waals surface area contributed by atoms with Gasteiger partial charge in [0.1, 0.15) is 0 Å². The van der Waals surface area contributed by atoms with E-state index in [-0.39, 0.29) is 17.6 Å². The molecule has 1 rings (SSSR count). The minimum Gasteiger partial charge on any atom is -0.435 e. The first-order valence-corrected chi connectivity index (χ1v) is 4.94. The van der Waals surface area contributed by atoms with Crippen LogP contribution in [0.5, 0.6) is 0 Å². The fraction of sp³-hybridized carbons (Fsp3) is 0.500. The monoisotopic (exact) mass is 201 g/mol. The number of carbonyl (C=O) groups is 2. The maximum Gasteiger partial charge on any atom is 0.311 e. The van der Waals surface area contributed by atoms with Gasteiger partial charge in [-0.15, -0.1) is 0 Å². The van der Waals surface area contributed by atoms with Gasteiger partial charge in [0.15, 0.2) is 0 Å². The average Bonchev–Trinajstić information content (AvgIpc) is 2.86. The lowest BCUT2D eigenvalue weighted by Crippen LogP contribution is -2.06. The van der Waals surface area contributed by atoms with Crippen LogP contribution in [0.15, 0.2) is 12.8 Å². The minimum absolute atomic E-state index is 0.0476. The van der Waals surface area contributed by atoms with Crippen molar-refractivity contribution in [2.24, 2.45) is 0 Å². The molecule has 0 atom stereocenters. The van der Waals surface area contributed by atoms with Crippen molar-refractivity contribution >= 4 is 23.0 Å². The van der Waals surface area contributed by atoms with Crippen molar-refractivity contribution in [3.05, 3.63) is 12.8 Å². The van der Waals surface area contributed by atoms with Gasteiger partial charge in [-0.2, -0.15) is 0 Å². The summed E-state index contributed by atoms with van der Waals surface area (Å²) < 4.78 is 4.49. The summed E-state index contributed by atoms with van der Waals surface area (Å²) in [5.41, 5.74) is 0. The summed E-state index contributed by atoms with van der Waals surface area (Å²) in [6.07, 6.45) is 1.34. The second kappa shape index (κ2) is 4.91. The van der Waals surface area contributed by atoms with Gasteiger partial charge in [0, 0.05) is 18.8 Å². The molecule has 5 heteroatoms. The molecule has 72 valence electrons. The van der Waals surface area contributed by atoms with E-state index in [1.807, 2.05) is 0 Å². The van der Waals surface area contributed by atoms with E-state index in [9.17, 15) is 9.59 Å². The molecule has 0 N–H and O–H groups in total. The Hall–Kier alpha value is -0.970. The topological polar surface area (TPSA) is 46.4 Å². The molecule has 4 nitrogen and oxygen atoms in total.